The first-order chi connectivity index (χ1) is 11.4. The summed E-state index contributed by atoms with van der Waals surface area (Å²) in [6.45, 7) is 0. The Hall–Kier alpha value is -2.19. The van der Waals surface area contributed by atoms with Crippen LogP contribution in [0.25, 0.3) is 0 Å². The molecule has 1 fully saturated rings. The Balaban J connectivity index is 1.74. The molecule has 0 bridgehead atoms. The topological polar surface area (TPSA) is 92.3 Å². The average molecular weight is 364 g/mol. The number of amides is 2. The van der Waals surface area contributed by atoms with E-state index in [-0.39, 0.29) is 29.4 Å². The molecule has 3 rings (SSSR count). The summed E-state index contributed by atoms with van der Waals surface area (Å²) in [6, 6.07) is 9.75. The van der Waals surface area contributed by atoms with E-state index < -0.39 is 9.84 Å². The first kappa shape index (κ1) is 16.7. The second kappa shape index (κ2) is 6.74. The van der Waals surface area contributed by atoms with Gasteiger partial charge in [-0.25, -0.2) is 8.42 Å². The van der Waals surface area contributed by atoms with Crippen molar-refractivity contribution in [3.05, 3.63) is 52.2 Å². The van der Waals surface area contributed by atoms with E-state index >= 15 is 0 Å². The Kier molecular flexibility index (Phi) is 4.68. The lowest BCUT2D eigenvalue weighted by molar-refractivity contribution is 0.0942. The lowest BCUT2D eigenvalue weighted by atomic mass is 10.1. The third-order valence-electron chi connectivity index (χ3n) is 3.73. The highest BCUT2D eigenvalue weighted by Gasteiger charge is 2.29. The molecule has 2 aromatic rings. The van der Waals surface area contributed by atoms with E-state index in [9.17, 15) is 18.0 Å². The maximum Gasteiger partial charge on any atom is 0.265 e. The molecule has 1 unspecified atom stereocenters. The molecule has 0 spiro atoms. The molecular formula is C16H16N2O4S2. The maximum absolute atomic E-state index is 12.4. The molecule has 2 heterocycles. The SMILES string of the molecule is O=C(Nc1ccccc1C(=O)NC1CCS(=O)(=O)C1)c1cccs1. The van der Waals surface area contributed by atoms with Crippen molar-refractivity contribution >= 4 is 38.7 Å². The van der Waals surface area contributed by atoms with Gasteiger partial charge < -0.3 is 10.6 Å². The molecule has 2 amide bonds. The molecule has 24 heavy (non-hydrogen) atoms. The van der Waals surface area contributed by atoms with Crippen molar-refractivity contribution in [3.63, 3.8) is 0 Å². The van der Waals surface area contributed by atoms with Gasteiger partial charge >= 0.3 is 0 Å². The van der Waals surface area contributed by atoms with Gasteiger partial charge in [0.15, 0.2) is 9.84 Å². The predicted octanol–water partition coefficient (Wildman–Crippen LogP) is 1.92. The molecular weight excluding hydrogens is 348 g/mol. The molecule has 1 aromatic heterocycles. The first-order valence-electron chi connectivity index (χ1n) is 7.40. The van der Waals surface area contributed by atoms with Crippen LogP contribution in [0.4, 0.5) is 5.69 Å². The van der Waals surface area contributed by atoms with Crippen LogP contribution < -0.4 is 10.6 Å². The summed E-state index contributed by atoms with van der Waals surface area (Å²) in [4.78, 5) is 25.2. The molecule has 1 saturated heterocycles. The largest absolute Gasteiger partial charge is 0.348 e. The van der Waals surface area contributed by atoms with E-state index in [0.717, 1.165) is 0 Å². The van der Waals surface area contributed by atoms with Crippen molar-refractivity contribution in [1.82, 2.24) is 5.32 Å². The first-order valence-corrected chi connectivity index (χ1v) is 10.1. The minimum atomic E-state index is -3.07. The van der Waals surface area contributed by atoms with Crippen LogP contribution in [0.3, 0.4) is 0 Å². The zero-order chi connectivity index (χ0) is 17.2. The molecule has 1 atom stereocenters. The van der Waals surface area contributed by atoms with Gasteiger partial charge in [0.25, 0.3) is 11.8 Å². The van der Waals surface area contributed by atoms with E-state index in [0.29, 0.717) is 22.5 Å². The van der Waals surface area contributed by atoms with Gasteiger partial charge in [-0.3, -0.25) is 9.59 Å². The summed E-state index contributed by atoms with van der Waals surface area (Å²) >= 11 is 1.31. The molecule has 1 aliphatic heterocycles. The van der Waals surface area contributed by atoms with Gasteiger partial charge in [0, 0.05) is 6.04 Å². The van der Waals surface area contributed by atoms with E-state index in [1.807, 2.05) is 0 Å². The molecule has 1 aromatic carbocycles. The molecule has 0 aliphatic carbocycles. The molecule has 8 heteroatoms. The number of carbonyl (C=O) groups excluding carboxylic acids is 2. The zero-order valence-electron chi connectivity index (χ0n) is 12.7. The van der Waals surface area contributed by atoms with E-state index in [1.54, 1.807) is 41.8 Å². The van der Waals surface area contributed by atoms with Crippen LogP contribution in [0.15, 0.2) is 41.8 Å². The van der Waals surface area contributed by atoms with Crippen molar-refractivity contribution in [2.75, 3.05) is 16.8 Å². The van der Waals surface area contributed by atoms with Crippen LogP contribution in [0.2, 0.25) is 0 Å². The highest BCUT2D eigenvalue weighted by Crippen LogP contribution is 2.19. The van der Waals surface area contributed by atoms with Crippen molar-refractivity contribution in [2.24, 2.45) is 0 Å². The van der Waals surface area contributed by atoms with Gasteiger partial charge in [-0.1, -0.05) is 18.2 Å². The van der Waals surface area contributed by atoms with Crippen LogP contribution in [-0.2, 0) is 9.84 Å². The highest BCUT2D eigenvalue weighted by atomic mass is 32.2. The van der Waals surface area contributed by atoms with Gasteiger partial charge in [-0.15, -0.1) is 11.3 Å². The lowest BCUT2D eigenvalue weighted by Gasteiger charge is -2.14. The second-order valence-electron chi connectivity index (χ2n) is 5.55. The summed E-state index contributed by atoms with van der Waals surface area (Å²) in [5.41, 5.74) is 0.709. The van der Waals surface area contributed by atoms with Crippen LogP contribution >= 0.6 is 11.3 Å². The van der Waals surface area contributed by atoms with Crippen LogP contribution in [0, 0.1) is 0 Å². The maximum atomic E-state index is 12.4. The van der Waals surface area contributed by atoms with Crippen LogP contribution in [0.5, 0.6) is 0 Å². The summed E-state index contributed by atoms with van der Waals surface area (Å²) in [7, 11) is -3.07. The summed E-state index contributed by atoms with van der Waals surface area (Å²) < 4.78 is 23.0. The molecule has 2 N–H and O–H groups in total. The highest BCUT2D eigenvalue weighted by molar-refractivity contribution is 7.91. The van der Waals surface area contributed by atoms with Crippen LogP contribution in [-0.4, -0.2) is 37.8 Å². The number of thiophene rings is 1. The monoisotopic (exact) mass is 364 g/mol. The number of sulfone groups is 1. The number of carbonyl (C=O) groups is 2. The van der Waals surface area contributed by atoms with Crippen molar-refractivity contribution in [2.45, 2.75) is 12.5 Å². The smallest absolute Gasteiger partial charge is 0.265 e. The molecule has 0 saturated carbocycles. The van der Waals surface area contributed by atoms with Crippen LogP contribution in [0.1, 0.15) is 26.5 Å². The van der Waals surface area contributed by atoms with E-state index in [2.05, 4.69) is 10.6 Å². The standard InChI is InChI=1S/C16H16N2O4S2/c19-15(17-11-7-9-24(21,22)10-11)12-4-1-2-5-13(12)18-16(20)14-6-3-8-23-14/h1-6,8,11H,7,9-10H2,(H,17,19)(H,18,20). The van der Waals surface area contributed by atoms with Crippen molar-refractivity contribution in [1.29, 1.82) is 0 Å². The minimum Gasteiger partial charge on any atom is -0.348 e. The number of anilines is 1. The third-order valence-corrected chi connectivity index (χ3v) is 6.37. The van der Waals surface area contributed by atoms with Gasteiger partial charge in [-0.2, -0.15) is 0 Å². The van der Waals surface area contributed by atoms with E-state index in [1.165, 1.54) is 11.3 Å². The summed E-state index contributed by atoms with van der Waals surface area (Å²) in [5.74, 6) is -0.621. The number of para-hydroxylation sites is 1. The number of hydrogen-bond donors (Lipinski definition) is 2. The minimum absolute atomic E-state index is 0.0392. The normalized spacial score (nSPS) is 18.9. The molecule has 1 aliphatic rings. The van der Waals surface area contributed by atoms with Gasteiger partial charge in [0.05, 0.1) is 27.6 Å². The number of nitrogens with one attached hydrogen (secondary N) is 2. The van der Waals surface area contributed by atoms with Gasteiger partial charge in [-0.05, 0) is 30.0 Å². The number of benzene rings is 1. The Morgan fingerprint density at radius 3 is 2.54 bits per heavy atom. The van der Waals surface area contributed by atoms with E-state index in [4.69, 9.17) is 0 Å². The quantitative estimate of drug-likeness (QED) is 0.867. The third kappa shape index (κ3) is 3.82. The average Bonchev–Trinajstić information content (AvgIpc) is 3.17. The second-order valence-corrected chi connectivity index (χ2v) is 8.73. The number of hydrogen-bond acceptors (Lipinski definition) is 5. The molecule has 6 nitrogen and oxygen atoms in total. The zero-order valence-corrected chi connectivity index (χ0v) is 14.3. The fraction of sp³-hybridized carbons (Fsp3) is 0.250. The summed E-state index contributed by atoms with van der Waals surface area (Å²) in [6.07, 6.45) is 0.414. The van der Waals surface area contributed by atoms with Crippen molar-refractivity contribution in [3.8, 4) is 0 Å². The Morgan fingerprint density at radius 2 is 1.88 bits per heavy atom. The number of rotatable bonds is 4. The molecule has 126 valence electrons. The van der Waals surface area contributed by atoms with Gasteiger partial charge in [0.1, 0.15) is 0 Å². The fourth-order valence-electron chi connectivity index (χ4n) is 2.55. The fourth-order valence-corrected chi connectivity index (χ4v) is 4.85. The summed E-state index contributed by atoms with van der Waals surface area (Å²) in [5, 5.41) is 7.26. The van der Waals surface area contributed by atoms with Gasteiger partial charge in [0.2, 0.25) is 0 Å². The molecule has 0 radical (unpaired) electrons. The predicted molar refractivity (Wildman–Crippen MR) is 93.2 cm³/mol. The lowest BCUT2D eigenvalue weighted by Crippen LogP contribution is -2.36. The Bertz CT molecular complexity index is 860. The Morgan fingerprint density at radius 1 is 1.08 bits per heavy atom. The van der Waals surface area contributed by atoms with Crippen molar-refractivity contribution < 1.29 is 18.0 Å². The Labute approximate surface area is 143 Å².